The Morgan fingerprint density at radius 2 is 1.79 bits per heavy atom. The monoisotopic (exact) mass is 389 g/mol. The van der Waals surface area contributed by atoms with Gasteiger partial charge in [0.05, 0.1) is 12.7 Å². The maximum Gasteiger partial charge on any atom is 0.199 e. The van der Waals surface area contributed by atoms with Crippen molar-refractivity contribution in [3.63, 3.8) is 0 Å². The summed E-state index contributed by atoms with van der Waals surface area (Å²) in [6.07, 6.45) is 0.335. The van der Waals surface area contributed by atoms with Crippen molar-refractivity contribution in [1.29, 1.82) is 0 Å². The van der Waals surface area contributed by atoms with E-state index in [1.807, 2.05) is 39.0 Å². The highest BCUT2D eigenvalue weighted by Gasteiger charge is 2.47. The SMILES string of the molecule is COc1ccc(-c2onc3c2C(=O)c2ccccc2C3(O)CC(C)=C(C)C)cc1. The van der Waals surface area contributed by atoms with Gasteiger partial charge in [0, 0.05) is 23.1 Å². The molecule has 0 amide bonds. The summed E-state index contributed by atoms with van der Waals surface area (Å²) < 4.78 is 10.8. The van der Waals surface area contributed by atoms with Gasteiger partial charge in [-0.3, -0.25) is 4.79 Å². The van der Waals surface area contributed by atoms with E-state index in [4.69, 9.17) is 9.26 Å². The molecule has 0 radical (unpaired) electrons. The summed E-state index contributed by atoms with van der Waals surface area (Å²) in [7, 11) is 1.59. The van der Waals surface area contributed by atoms with Crippen molar-refractivity contribution in [3.8, 4) is 17.1 Å². The number of ether oxygens (including phenoxy) is 1. The molecule has 1 aliphatic rings. The fraction of sp³-hybridized carbons (Fsp3) is 0.250. The zero-order valence-corrected chi connectivity index (χ0v) is 16.9. The van der Waals surface area contributed by atoms with Crippen LogP contribution in [0.4, 0.5) is 0 Å². The van der Waals surface area contributed by atoms with E-state index >= 15 is 0 Å². The average Bonchev–Trinajstić information content (AvgIpc) is 3.18. The maximum absolute atomic E-state index is 13.3. The summed E-state index contributed by atoms with van der Waals surface area (Å²) in [6, 6.07) is 14.4. The number of benzene rings is 2. The molecule has 0 spiro atoms. The van der Waals surface area contributed by atoms with E-state index < -0.39 is 5.60 Å². The van der Waals surface area contributed by atoms with Gasteiger partial charge in [-0.1, -0.05) is 40.6 Å². The summed E-state index contributed by atoms with van der Waals surface area (Å²) in [5.74, 6) is 0.868. The highest BCUT2D eigenvalue weighted by molar-refractivity contribution is 6.15. The molecule has 1 unspecified atom stereocenters. The molecule has 0 bridgehead atoms. The molecule has 29 heavy (non-hydrogen) atoms. The van der Waals surface area contributed by atoms with Gasteiger partial charge in [-0.25, -0.2) is 0 Å². The Hall–Kier alpha value is -3.18. The second kappa shape index (κ2) is 7.01. The quantitative estimate of drug-likeness (QED) is 0.644. The minimum Gasteiger partial charge on any atom is -0.497 e. The van der Waals surface area contributed by atoms with Crippen LogP contribution in [0.2, 0.25) is 0 Å². The third-order valence-corrected chi connectivity index (χ3v) is 5.65. The molecule has 1 N–H and O–H groups in total. The first-order valence-corrected chi connectivity index (χ1v) is 9.51. The van der Waals surface area contributed by atoms with E-state index in [2.05, 4.69) is 5.16 Å². The van der Waals surface area contributed by atoms with Crippen LogP contribution in [0.15, 0.2) is 64.2 Å². The Balaban J connectivity index is 1.94. The Labute approximate surface area is 169 Å². The fourth-order valence-electron chi connectivity index (χ4n) is 3.77. The first kappa shape index (κ1) is 19.2. The predicted molar refractivity (Wildman–Crippen MR) is 110 cm³/mol. The smallest absolute Gasteiger partial charge is 0.199 e. The highest BCUT2D eigenvalue weighted by atomic mass is 16.5. The molecule has 3 aromatic rings. The lowest BCUT2D eigenvalue weighted by atomic mass is 9.73. The van der Waals surface area contributed by atoms with Gasteiger partial charge >= 0.3 is 0 Å². The normalized spacial score (nSPS) is 17.5. The van der Waals surface area contributed by atoms with Crippen LogP contribution in [0.1, 0.15) is 54.4 Å². The maximum atomic E-state index is 13.3. The van der Waals surface area contributed by atoms with E-state index in [9.17, 15) is 9.90 Å². The number of ketones is 1. The van der Waals surface area contributed by atoms with Crippen molar-refractivity contribution in [2.75, 3.05) is 7.11 Å². The number of nitrogens with zero attached hydrogens (tertiary/aromatic N) is 1. The summed E-state index contributed by atoms with van der Waals surface area (Å²) in [5, 5.41) is 16.0. The summed E-state index contributed by atoms with van der Waals surface area (Å²) in [5.41, 5.74) is 3.05. The van der Waals surface area contributed by atoms with Gasteiger partial charge in [0.2, 0.25) is 0 Å². The standard InChI is InChI=1S/C24H23NO4/c1-14(2)15(3)13-24(27)19-8-6-5-7-18(19)21(26)20-22(29-25-23(20)24)16-9-11-17(28-4)12-10-16/h5-12,27H,13H2,1-4H3. The topological polar surface area (TPSA) is 72.6 Å². The zero-order chi connectivity index (χ0) is 20.8. The molecule has 0 fully saturated rings. The summed E-state index contributed by atoms with van der Waals surface area (Å²) >= 11 is 0. The van der Waals surface area contributed by atoms with Gasteiger partial charge in [0.25, 0.3) is 0 Å². The molecule has 5 heteroatoms. The van der Waals surface area contributed by atoms with Crippen LogP contribution < -0.4 is 4.74 Å². The van der Waals surface area contributed by atoms with Gasteiger partial charge < -0.3 is 14.4 Å². The van der Waals surface area contributed by atoms with Gasteiger partial charge in [0.1, 0.15) is 17.0 Å². The first-order valence-electron chi connectivity index (χ1n) is 9.51. The van der Waals surface area contributed by atoms with Crippen LogP contribution in [0, 0.1) is 0 Å². The second-order valence-corrected chi connectivity index (χ2v) is 7.66. The molecule has 0 saturated heterocycles. The van der Waals surface area contributed by atoms with E-state index in [0.717, 1.165) is 11.1 Å². The van der Waals surface area contributed by atoms with E-state index in [1.54, 1.807) is 37.4 Å². The van der Waals surface area contributed by atoms with Gasteiger partial charge in [-0.15, -0.1) is 0 Å². The number of fused-ring (bicyclic) bond motifs is 2. The molecular weight excluding hydrogens is 366 g/mol. The number of carbonyl (C=O) groups is 1. The number of aliphatic hydroxyl groups is 1. The average molecular weight is 389 g/mol. The molecule has 148 valence electrons. The van der Waals surface area contributed by atoms with E-state index in [0.29, 0.717) is 40.2 Å². The molecule has 1 aliphatic carbocycles. The van der Waals surface area contributed by atoms with E-state index in [1.165, 1.54) is 0 Å². The number of rotatable bonds is 4. The molecule has 5 nitrogen and oxygen atoms in total. The van der Waals surface area contributed by atoms with Crippen LogP contribution in [0.5, 0.6) is 5.75 Å². The summed E-state index contributed by atoms with van der Waals surface area (Å²) in [6.45, 7) is 5.99. The Bertz CT molecular complexity index is 1120. The Kier molecular flexibility index (Phi) is 4.63. The van der Waals surface area contributed by atoms with Gasteiger partial charge in [-0.05, 0) is 45.0 Å². The number of methoxy groups -OCH3 is 1. The third-order valence-electron chi connectivity index (χ3n) is 5.65. The zero-order valence-electron chi connectivity index (χ0n) is 16.9. The third kappa shape index (κ3) is 2.98. The van der Waals surface area contributed by atoms with Crippen LogP contribution >= 0.6 is 0 Å². The van der Waals surface area contributed by atoms with Crippen molar-refractivity contribution < 1.29 is 19.2 Å². The van der Waals surface area contributed by atoms with Crippen LogP contribution in [-0.4, -0.2) is 23.2 Å². The van der Waals surface area contributed by atoms with Gasteiger partial charge in [-0.2, -0.15) is 0 Å². The van der Waals surface area contributed by atoms with Crippen LogP contribution in [0.25, 0.3) is 11.3 Å². The summed E-state index contributed by atoms with van der Waals surface area (Å²) in [4.78, 5) is 13.3. The van der Waals surface area contributed by atoms with Crippen molar-refractivity contribution in [3.05, 3.63) is 82.1 Å². The minimum atomic E-state index is -1.44. The lowest BCUT2D eigenvalue weighted by Crippen LogP contribution is -2.36. The molecule has 4 rings (SSSR count). The molecule has 0 aliphatic heterocycles. The van der Waals surface area contributed by atoms with Crippen molar-refractivity contribution in [2.24, 2.45) is 0 Å². The van der Waals surface area contributed by atoms with Crippen LogP contribution in [-0.2, 0) is 5.60 Å². The number of aromatic nitrogens is 1. The lowest BCUT2D eigenvalue weighted by molar-refractivity contribution is 0.0655. The molecule has 1 atom stereocenters. The fourth-order valence-corrected chi connectivity index (χ4v) is 3.77. The Morgan fingerprint density at radius 1 is 1.10 bits per heavy atom. The minimum absolute atomic E-state index is 0.192. The Morgan fingerprint density at radius 3 is 2.45 bits per heavy atom. The lowest BCUT2D eigenvalue weighted by Gasteiger charge is -2.33. The molecule has 0 saturated carbocycles. The largest absolute Gasteiger partial charge is 0.497 e. The first-order chi connectivity index (χ1) is 13.9. The molecule has 1 aromatic heterocycles. The van der Waals surface area contributed by atoms with E-state index in [-0.39, 0.29) is 11.5 Å². The highest BCUT2D eigenvalue weighted by Crippen LogP contribution is 2.46. The van der Waals surface area contributed by atoms with Crippen molar-refractivity contribution in [2.45, 2.75) is 32.8 Å². The second-order valence-electron chi connectivity index (χ2n) is 7.66. The number of hydrogen-bond acceptors (Lipinski definition) is 5. The van der Waals surface area contributed by atoms with Crippen molar-refractivity contribution >= 4 is 5.78 Å². The number of carbonyl (C=O) groups excluding carboxylic acids is 1. The van der Waals surface area contributed by atoms with Crippen LogP contribution in [0.3, 0.4) is 0 Å². The molecule has 2 aromatic carbocycles. The molecular formula is C24H23NO4. The predicted octanol–water partition coefficient (Wildman–Crippen LogP) is 4.88. The van der Waals surface area contributed by atoms with Crippen molar-refractivity contribution in [1.82, 2.24) is 5.16 Å². The number of allylic oxidation sites excluding steroid dienone is 1. The number of hydrogen-bond donors (Lipinski definition) is 1. The molecule has 1 heterocycles. The van der Waals surface area contributed by atoms with Gasteiger partial charge in [0.15, 0.2) is 11.5 Å².